The van der Waals surface area contributed by atoms with Crippen molar-refractivity contribution in [1.82, 2.24) is 14.5 Å². The lowest BCUT2D eigenvalue weighted by Crippen LogP contribution is -2.35. The molecule has 0 atom stereocenters. The lowest BCUT2D eigenvalue weighted by atomic mass is 10.3. The van der Waals surface area contributed by atoms with E-state index in [4.69, 9.17) is 17.3 Å². The van der Waals surface area contributed by atoms with Crippen LogP contribution in [0.3, 0.4) is 0 Å². The molecule has 2 aromatic rings. The van der Waals surface area contributed by atoms with Crippen LogP contribution in [0, 0.1) is 0 Å². The molecule has 1 aliphatic rings. The molecule has 0 saturated heterocycles. The Labute approximate surface area is 123 Å². The minimum absolute atomic E-state index is 0.463. The molecule has 2 N–H and O–H groups in total. The average Bonchev–Trinajstić information content (AvgIpc) is 3.21. The van der Waals surface area contributed by atoms with Crippen LogP contribution in [0.15, 0.2) is 23.2 Å². The lowest BCUT2D eigenvalue weighted by molar-refractivity contribution is 0.487. The Morgan fingerprint density at radius 1 is 1.55 bits per heavy atom. The van der Waals surface area contributed by atoms with Gasteiger partial charge >= 0.3 is 0 Å². The first-order valence-corrected chi connectivity index (χ1v) is 7.08. The molecule has 1 saturated carbocycles. The van der Waals surface area contributed by atoms with Crippen LogP contribution in [0.25, 0.3) is 11.0 Å². The van der Waals surface area contributed by atoms with Crippen molar-refractivity contribution < 1.29 is 0 Å². The number of aryl methyl sites for hydroxylation is 1. The number of para-hydroxylation sites is 1. The number of nitrogens with zero attached hydrogens (tertiary/aromatic N) is 4. The van der Waals surface area contributed by atoms with Gasteiger partial charge in [0, 0.05) is 20.1 Å². The van der Waals surface area contributed by atoms with Crippen LogP contribution >= 0.6 is 11.6 Å². The van der Waals surface area contributed by atoms with E-state index in [9.17, 15) is 0 Å². The highest BCUT2D eigenvalue weighted by atomic mass is 35.5. The molecule has 6 heteroatoms. The summed E-state index contributed by atoms with van der Waals surface area (Å²) in [6, 6.07) is 6.29. The first-order chi connectivity index (χ1) is 9.58. The van der Waals surface area contributed by atoms with Crippen molar-refractivity contribution in [2.24, 2.45) is 17.8 Å². The number of benzene rings is 1. The van der Waals surface area contributed by atoms with Gasteiger partial charge in [0.2, 0.25) is 0 Å². The second kappa shape index (κ2) is 4.98. The van der Waals surface area contributed by atoms with Gasteiger partial charge < -0.3 is 15.2 Å². The molecule has 1 aromatic heterocycles. The van der Waals surface area contributed by atoms with E-state index in [1.165, 1.54) is 12.8 Å². The highest BCUT2D eigenvalue weighted by Crippen LogP contribution is 2.25. The van der Waals surface area contributed by atoms with E-state index in [0.29, 0.717) is 23.6 Å². The number of nitrogens with two attached hydrogens (primary N) is 1. The Balaban J connectivity index is 1.86. The molecular formula is C14H18ClN5. The molecular weight excluding hydrogens is 274 g/mol. The summed E-state index contributed by atoms with van der Waals surface area (Å²) in [6.45, 7) is 0.463. The van der Waals surface area contributed by atoms with Gasteiger partial charge in [-0.05, 0) is 25.0 Å². The molecule has 1 fully saturated rings. The first kappa shape index (κ1) is 13.2. The van der Waals surface area contributed by atoms with Crippen molar-refractivity contribution in [3.8, 4) is 0 Å². The monoisotopic (exact) mass is 291 g/mol. The molecule has 0 bridgehead atoms. The van der Waals surface area contributed by atoms with Crippen molar-refractivity contribution in [3.63, 3.8) is 0 Å². The normalized spacial score (nSPS) is 15.8. The summed E-state index contributed by atoms with van der Waals surface area (Å²) in [4.78, 5) is 11.0. The summed E-state index contributed by atoms with van der Waals surface area (Å²) < 4.78 is 1.98. The topological polar surface area (TPSA) is 59.4 Å². The number of hydrogen-bond donors (Lipinski definition) is 1. The van der Waals surface area contributed by atoms with E-state index in [-0.39, 0.29) is 0 Å². The largest absolute Gasteiger partial charge is 0.370 e. The molecule has 0 amide bonds. The van der Waals surface area contributed by atoms with E-state index >= 15 is 0 Å². The molecule has 0 radical (unpaired) electrons. The Kier molecular flexibility index (Phi) is 3.30. The highest BCUT2D eigenvalue weighted by molar-refractivity contribution is 6.35. The standard InChI is InChI=1S/C14H18ClN5/c1-19(9-6-7-9)14(16)17-8-12-18-11-5-3-4-10(15)13(11)20(12)2/h3-5,9H,6-8H2,1-2H3,(H2,16,17). The number of hydrogen-bond acceptors (Lipinski definition) is 2. The zero-order valence-corrected chi connectivity index (χ0v) is 12.4. The Morgan fingerprint density at radius 2 is 2.30 bits per heavy atom. The number of aromatic nitrogens is 2. The second-order valence-electron chi connectivity index (χ2n) is 5.21. The molecule has 20 heavy (non-hydrogen) atoms. The van der Waals surface area contributed by atoms with Crippen LogP contribution in [0.4, 0.5) is 0 Å². The van der Waals surface area contributed by atoms with E-state index in [1.54, 1.807) is 0 Å². The Morgan fingerprint density at radius 3 is 2.95 bits per heavy atom. The molecule has 1 heterocycles. The van der Waals surface area contributed by atoms with Gasteiger partial charge in [0.1, 0.15) is 12.4 Å². The fourth-order valence-electron chi connectivity index (χ4n) is 2.32. The summed E-state index contributed by atoms with van der Waals surface area (Å²) in [5, 5.41) is 0.704. The average molecular weight is 292 g/mol. The van der Waals surface area contributed by atoms with Crippen molar-refractivity contribution in [3.05, 3.63) is 29.0 Å². The number of rotatable bonds is 3. The van der Waals surface area contributed by atoms with Crippen molar-refractivity contribution in [2.45, 2.75) is 25.4 Å². The number of imidazole rings is 1. The SMILES string of the molecule is CN(C(N)=NCc1nc2cccc(Cl)c2n1C)C1CC1. The molecule has 5 nitrogen and oxygen atoms in total. The molecule has 3 rings (SSSR count). The Bertz CT molecular complexity index is 671. The number of guanidine groups is 1. The second-order valence-corrected chi connectivity index (χ2v) is 5.62. The summed E-state index contributed by atoms with van der Waals surface area (Å²) in [5.74, 6) is 1.44. The minimum Gasteiger partial charge on any atom is -0.370 e. The predicted octanol–water partition coefficient (Wildman–Crippen LogP) is 2.14. The zero-order valence-electron chi connectivity index (χ0n) is 11.7. The maximum absolute atomic E-state index is 6.21. The van der Waals surface area contributed by atoms with Crippen molar-refractivity contribution >= 4 is 28.6 Å². The maximum Gasteiger partial charge on any atom is 0.191 e. The fourth-order valence-corrected chi connectivity index (χ4v) is 2.62. The molecule has 0 spiro atoms. The summed E-state index contributed by atoms with van der Waals surface area (Å²) in [5.41, 5.74) is 7.82. The third-order valence-corrected chi connectivity index (χ3v) is 4.08. The van der Waals surface area contributed by atoms with Crippen molar-refractivity contribution in [1.29, 1.82) is 0 Å². The summed E-state index contributed by atoms with van der Waals surface area (Å²) >= 11 is 6.21. The zero-order chi connectivity index (χ0) is 14.3. The minimum atomic E-state index is 0.463. The van der Waals surface area contributed by atoms with E-state index < -0.39 is 0 Å². The molecule has 0 unspecified atom stereocenters. The molecule has 0 aliphatic heterocycles. The number of halogens is 1. The predicted molar refractivity (Wildman–Crippen MR) is 81.8 cm³/mol. The van der Waals surface area contributed by atoms with E-state index in [0.717, 1.165) is 16.9 Å². The summed E-state index contributed by atoms with van der Waals surface area (Å²) in [6.07, 6.45) is 2.41. The lowest BCUT2D eigenvalue weighted by Gasteiger charge is -2.16. The van der Waals surface area contributed by atoms with Crippen LogP contribution < -0.4 is 5.73 Å². The Hall–Kier alpha value is -1.75. The van der Waals surface area contributed by atoms with Gasteiger partial charge in [0.15, 0.2) is 5.96 Å². The number of aliphatic imine (C=N–C) groups is 1. The smallest absolute Gasteiger partial charge is 0.191 e. The van der Waals surface area contributed by atoms with E-state index in [2.05, 4.69) is 9.98 Å². The van der Waals surface area contributed by atoms with Gasteiger partial charge in [0.05, 0.1) is 16.1 Å². The van der Waals surface area contributed by atoms with Crippen LogP contribution in [0.5, 0.6) is 0 Å². The first-order valence-electron chi connectivity index (χ1n) is 6.70. The molecule has 1 aromatic carbocycles. The maximum atomic E-state index is 6.21. The van der Waals surface area contributed by atoms with Gasteiger partial charge in [-0.25, -0.2) is 9.98 Å². The quantitative estimate of drug-likeness (QED) is 0.696. The van der Waals surface area contributed by atoms with Gasteiger partial charge in [0.25, 0.3) is 0 Å². The molecule has 1 aliphatic carbocycles. The fraction of sp³-hybridized carbons (Fsp3) is 0.429. The van der Waals surface area contributed by atoms with Crippen LogP contribution in [0.2, 0.25) is 5.02 Å². The van der Waals surface area contributed by atoms with Crippen LogP contribution in [-0.2, 0) is 13.6 Å². The van der Waals surface area contributed by atoms with Gasteiger partial charge in [-0.1, -0.05) is 17.7 Å². The van der Waals surface area contributed by atoms with Gasteiger partial charge in [-0.3, -0.25) is 0 Å². The van der Waals surface area contributed by atoms with Crippen LogP contribution in [0.1, 0.15) is 18.7 Å². The molecule has 106 valence electrons. The third kappa shape index (κ3) is 2.33. The van der Waals surface area contributed by atoms with Gasteiger partial charge in [-0.15, -0.1) is 0 Å². The van der Waals surface area contributed by atoms with Gasteiger partial charge in [-0.2, -0.15) is 0 Å². The number of fused-ring (bicyclic) bond motifs is 1. The van der Waals surface area contributed by atoms with Crippen molar-refractivity contribution in [2.75, 3.05) is 7.05 Å². The highest BCUT2D eigenvalue weighted by Gasteiger charge is 2.27. The summed E-state index contributed by atoms with van der Waals surface area (Å²) in [7, 11) is 3.94. The third-order valence-electron chi connectivity index (χ3n) is 3.78. The van der Waals surface area contributed by atoms with E-state index in [1.807, 2.05) is 41.8 Å². The van der Waals surface area contributed by atoms with Crippen LogP contribution in [-0.4, -0.2) is 33.5 Å².